The Balaban J connectivity index is 3.00. The molecule has 0 saturated carbocycles. The number of aryl methyl sites for hydroxylation is 1. The van der Waals surface area contributed by atoms with Gasteiger partial charge >= 0.3 is 0 Å². The molecule has 0 aliphatic carbocycles. The maximum absolute atomic E-state index is 6.04. The first-order chi connectivity index (χ1) is 7.22. The lowest BCUT2D eigenvalue weighted by molar-refractivity contribution is 0.405. The van der Waals surface area contributed by atoms with Crippen LogP contribution in [-0.4, -0.2) is 13.0 Å². The maximum atomic E-state index is 6.04. The van der Waals surface area contributed by atoms with Gasteiger partial charge in [0.2, 0.25) is 0 Å². The van der Waals surface area contributed by atoms with Gasteiger partial charge in [-0.15, -0.1) is 11.6 Å². The van der Waals surface area contributed by atoms with Crippen molar-refractivity contribution in [3.05, 3.63) is 29.3 Å². The average Bonchev–Trinajstić information content (AvgIpc) is 2.28. The Morgan fingerprint density at radius 2 is 2.20 bits per heavy atom. The van der Waals surface area contributed by atoms with E-state index < -0.39 is 0 Å². The topological polar surface area (TPSA) is 35.2 Å². The van der Waals surface area contributed by atoms with Crippen molar-refractivity contribution in [3.63, 3.8) is 0 Å². The number of ether oxygens (including phenoxy) is 1. The van der Waals surface area contributed by atoms with E-state index in [1.165, 1.54) is 5.56 Å². The van der Waals surface area contributed by atoms with Gasteiger partial charge in [0, 0.05) is 17.5 Å². The van der Waals surface area contributed by atoms with E-state index in [2.05, 4.69) is 19.1 Å². The lowest BCUT2D eigenvalue weighted by Crippen LogP contribution is -2.12. The summed E-state index contributed by atoms with van der Waals surface area (Å²) in [7, 11) is 1.66. The van der Waals surface area contributed by atoms with E-state index in [4.69, 9.17) is 22.1 Å². The summed E-state index contributed by atoms with van der Waals surface area (Å²) in [5.74, 6) is 1.42. The Morgan fingerprint density at radius 1 is 1.47 bits per heavy atom. The van der Waals surface area contributed by atoms with Gasteiger partial charge in [0.1, 0.15) is 5.75 Å². The third-order valence-corrected chi connectivity index (χ3v) is 2.74. The minimum absolute atomic E-state index is 0.0380. The van der Waals surface area contributed by atoms with Crippen molar-refractivity contribution >= 4 is 11.6 Å². The van der Waals surface area contributed by atoms with Crippen molar-refractivity contribution in [1.82, 2.24) is 0 Å². The average molecular weight is 228 g/mol. The van der Waals surface area contributed by atoms with Crippen LogP contribution in [0.2, 0.25) is 0 Å². The predicted octanol–water partition coefficient (Wildman–Crippen LogP) is 2.89. The third-order valence-electron chi connectivity index (χ3n) is 2.52. The molecule has 0 spiro atoms. The summed E-state index contributed by atoms with van der Waals surface area (Å²) in [4.78, 5) is 0. The fraction of sp³-hybridized carbons (Fsp3) is 0.500. The molecule has 3 heteroatoms. The molecule has 0 aromatic heterocycles. The van der Waals surface area contributed by atoms with Crippen molar-refractivity contribution in [3.8, 4) is 5.75 Å². The monoisotopic (exact) mass is 227 g/mol. The zero-order valence-corrected chi connectivity index (χ0v) is 10.1. The molecule has 84 valence electrons. The fourth-order valence-electron chi connectivity index (χ4n) is 1.57. The molecule has 1 unspecified atom stereocenters. The minimum Gasteiger partial charge on any atom is -0.496 e. The van der Waals surface area contributed by atoms with Crippen LogP contribution >= 0.6 is 11.6 Å². The van der Waals surface area contributed by atoms with Crippen LogP contribution in [0.4, 0.5) is 0 Å². The van der Waals surface area contributed by atoms with Gasteiger partial charge < -0.3 is 10.5 Å². The lowest BCUT2D eigenvalue weighted by Gasteiger charge is -2.15. The second-order valence-corrected chi connectivity index (χ2v) is 3.89. The van der Waals surface area contributed by atoms with Gasteiger partial charge in [0.05, 0.1) is 7.11 Å². The van der Waals surface area contributed by atoms with Gasteiger partial charge in [0.15, 0.2) is 0 Å². The number of hydrogen-bond donors (Lipinski definition) is 1. The van der Waals surface area contributed by atoms with Crippen LogP contribution in [0.25, 0.3) is 0 Å². The maximum Gasteiger partial charge on any atom is 0.123 e. The summed E-state index contributed by atoms with van der Waals surface area (Å²) in [5.41, 5.74) is 8.37. The molecule has 0 radical (unpaired) electrons. The number of methoxy groups -OCH3 is 1. The van der Waals surface area contributed by atoms with Crippen LogP contribution in [0.5, 0.6) is 5.75 Å². The van der Waals surface area contributed by atoms with Gasteiger partial charge in [-0.25, -0.2) is 0 Å². The lowest BCUT2D eigenvalue weighted by atomic mass is 10.0. The first kappa shape index (κ1) is 12.3. The van der Waals surface area contributed by atoms with E-state index in [0.717, 1.165) is 24.2 Å². The van der Waals surface area contributed by atoms with E-state index in [0.29, 0.717) is 5.88 Å². The highest BCUT2D eigenvalue weighted by molar-refractivity contribution is 6.17. The second-order valence-electron chi connectivity index (χ2n) is 3.51. The smallest absolute Gasteiger partial charge is 0.123 e. The molecule has 0 aliphatic rings. The van der Waals surface area contributed by atoms with Crippen LogP contribution in [0, 0.1) is 0 Å². The van der Waals surface area contributed by atoms with Gasteiger partial charge in [0.25, 0.3) is 0 Å². The summed E-state index contributed by atoms with van der Waals surface area (Å²) in [6.07, 6.45) is 1.77. The Labute approximate surface area is 96.4 Å². The summed E-state index contributed by atoms with van der Waals surface area (Å²) in [5, 5.41) is 0. The molecule has 0 bridgehead atoms. The van der Waals surface area contributed by atoms with E-state index in [-0.39, 0.29) is 6.04 Å². The number of halogens is 1. The Bertz CT molecular complexity index is 314. The summed E-state index contributed by atoms with van der Waals surface area (Å²) in [6.45, 7) is 2.12. The normalized spacial score (nSPS) is 12.5. The standard InChI is InChI=1S/C12H18ClNO/c1-3-9-4-5-12(15-2)10(8-9)11(14)6-7-13/h4-5,8,11H,3,6-7,14H2,1-2H3. The van der Waals surface area contributed by atoms with E-state index in [1.807, 2.05) is 6.07 Å². The number of rotatable bonds is 5. The molecule has 15 heavy (non-hydrogen) atoms. The van der Waals surface area contributed by atoms with Gasteiger partial charge in [-0.3, -0.25) is 0 Å². The van der Waals surface area contributed by atoms with Crippen molar-refractivity contribution in [2.75, 3.05) is 13.0 Å². The highest BCUT2D eigenvalue weighted by Crippen LogP contribution is 2.27. The van der Waals surface area contributed by atoms with Crippen LogP contribution in [0.1, 0.15) is 30.5 Å². The second kappa shape index (κ2) is 5.99. The predicted molar refractivity (Wildman–Crippen MR) is 64.6 cm³/mol. The molecule has 0 fully saturated rings. The highest BCUT2D eigenvalue weighted by atomic mass is 35.5. The number of hydrogen-bond acceptors (Lipinski definition) is 2. The van der Waals surface area contributed by atoms with Gasteiger partial charge in [-0.2, -0.15) is 0 Å². The van der Waals surface area contributed by atoms with Crippen molar-refractivity contribution in [2.24, 2.45) is 5.73 Å². The Kier molecular flexibility index (Phi) is 4.92. The third kappa shape index (κ3) is 3.11. The van der Waals surface area contributed by atoms with Crippen molar-refractivity contribution < 1.29 is 4.74 Å². The summed E-state index contributed by atoms with van der Waals surface area (Å²) >= 11 is 5.69. The van der Waals surface area contributed by atoms with Gasteiger partial charge in [-0.1, -0.05) is 19.1 Å². The van der Waals surface area contributed by atoms with E-state index >= 15 is 0 Å². The van der Waals surface area contributed by atoms with Crippen LogP contribution < -0.4 is 10.5 Å². The highest BCUT2D eigenvalue weighted by Gasteiger charge is 2.11. The molecule has 1 aromatic rings. The van der Waals surface area contributed by atoms with Crippen LogP contribution in [0.3, 0.4) is 0 Å². The molecule has 0 heterocycles. The zero-order valence-electron chi connectivity index (χ0n) is 9.29. The summed E-state index contributed by atoms with van der Waals surface area (Å²) in [6, 6.07) is 6.11. The van der Waals surface area contributed by atoms with E-state index in [1.54, 1.807) is 7.11 Å². The van der Waals surface area contributed by atoms with Crippen molar-refractivity contribution in [1.29, 1.82) is 0 Å². The quantitative estimate of drug-likeness (QED) is 0.786. The zero-order chi connectivity index (χ0) is 11.3. The molecular formula is C12H18ClNO. The fourth-order valence-corrected chi connectivity index (χ4v) is 1.80. The molecule has 0 saturated heterocycles. The number of nitrogens with two attached hydrogens (primary N) is 1. The number of alkyl halides is 1. The molecule has 1 rings (SSSR count). The summed E-state index contributed by atoms with van der Waals surface area (Å²) < 4.78 is 5.29. The first-order valence-electron chi connectivity index (χ1n) is 5.21. The van der Waals surface area contributed by atoms with Gasteiger partial charge in [-0.05, 0) is 24.5 Å². The molecular weight excluding hydrogens is 210 g/mol. The van der Waals surface area contributed by atoms with E-state index in [9.17, 15) is 0 Å². The molecule has 0 amide bonds. The first-order valence-corrected chi connectivity index (χ1v) is 5.74. The molecule has 2 N–H and O–H groups in total. The largest absolute Gasteiger partial charge is 0.496 e. The Morgan fingerprint density at radius 3 is 2.73 bits per heavy atom. The SMILES string of the molecule is CCc1ccc(OC)c(C(N)CCCl)c1. The number of benzene rings is 1. The minimum atomic E-state index is -0.0380. The molecule has 0 aliphatic heterocycles. The molecule has 1 aromatic carbocycles. The molecule has 1 atom stereocenters. The Hall–Kier alpha value is -0.730. The van der Waals surface area contributed by atoms with Crippen LogP contribution in [0.15, 0.2) is 18.2 Å². The van der Waals surface area contributed by atoms with Crippen LogP contribution in [-0.2, 0) is 6.42 Å². The van der Waals surface area contributed by atoms with Crippen molar-refractivity contribution in [2.45, 2.75) is 25.8 Å². The molecule has 2 nitrogen and oxygen atoms in total.